The topological polar surface area (TPSA) is 54.0 Å². The van der Waals surface area contributed by atoms with Crippen LogP contribution >= 0.6 is 0 Å². The van der Waals surface area contributed by atoms with Crippen LogP contribution in [-0.2, 0) is 0 Å². The van der Waals surface area contributed by atoms with E-state index in [0.29, 0.717) is 0 Å². The highest BCUT2D eigenvalue weighted by Crippen LogP contribution is 2.20. The largest absolute Gasteiger partial charge is 0.291 e. The lowest BCUT2D eigenvalue weighted by Crippen LogP contribution is -2.45. The summed E-state index contributed by atoms with van der Waals surface area (Å²) in [5.74, 6) is 0. The molecule has 0 saturated heterocycles. The third kappa shape index (κ3) is 1.45. The highest BCUT2D eigenvalue weighted by atomic mass is 15.5. The molecule has 20 heavy (non-hydrogen) atoms. The maximum Gasteiger partial charge on any atom is 0.189 e. The number of hydrogen-bond donors (Lipinski definition) is 1. The van der Waals surface area contributed by atoms with Crippen LogP contribution in [0.4, 0.5) is 0 Å². The molecule has 1 atom stereocenters. The van der Waals surface area contributed by atoms with Gasteiger partial charge in [-0.1, -0.05) is 48.5 Å². The van der Waals surface area contributed by atoms with E-state index in [1.807, 2.05) is 25.2 Å². The second-order valence-corrected chi connectivity index (χ2v) is 5.00. The average molecular weight is 262 g/mol. The van der Waals surface area contributed by atoms with Crippen molar-refractivity contribution < 1.29 is 0 Å². The van der Waals surface area contributed by atoms with Gasteiger partial charge in [0, 0.05) is 17.8 Å². The van der Waals surface area contributed by atoms with Gasteiger partial charge in [0.25, 0.3) is 0 Å². The van der Waals surface area contributed by atoms with E-state index in [2.05, 4.69) is 40.4 Å². The van der Waals surface area contributed by atoms with Gasteiger partial charge in [0.15, 0.2) is 6.29 Å². The minimum absolute atomic E-state index is 0.424. The van der Waals surface area contributed by atoms with Gasteiger partial charge in [0.2, 0.25) is 0 Å². The van der Waals surface area contributed by atoms with Crippen LogP contribution in [0.3, 0.4) is 0 Å². The Kier molecular flexibility index (Phi) is 2.28. The molecule has 98 valence electrons. The normalized spacial score (nSPS) is 17.7. The number of hydrogen-bond acceptors (Lipinski definition) is 4. The molecule has 0 amide bonds. The first-order valence-electron chi connectivity index (χ1n) is 6.60. The predicted octanol–water partition coefficient (Wildman–Crippen LogP) is 1.33. The van der Waals surface area contributed by atoms with Crippen molar-refractivity contribution >= 4 is 21.5 Å². The standard InChI is InChI=1S/C16H14N4/c1-20-16(17)18-14-12-8-4-2-6-10(12)11-7-3-5-9-13(11)15(14)19-20/h2-9,16H,17H2,1H3. The molecule has 1 heterocycles. The van der Waals surface area contributed by atoms with E-state index >= 15 is 0 Å². The predicted molar refractivity (Wildman–Crippen MR) is 79.5 cm³/mol. The van der Waals surface area contributed by atoms with Crippen molar-refractivity contribution in [1.29, 1.82) is 0 Å². The highest BCUT2D eigenvalue weighted by molar-refractivity contribution is 6.06. The van der Waals surface area contributed by atoms with Crippen LogP contribution in [-0.4, -0.2) is 18.3 Å². The SMILES string of the molecule is CN1N=c2c(c3ccccc3c3ccccc23)=NC1N. The van der Waals surface area contributed by atoms with Gasteiger partial charge in [-0.15, -0.1) is 0 Å². The summed E-state index contributed by atoms with van der Waals surface area (Å²) in [7, 11) is 1.85. The second-order valence-electron chi connectivity index (χ2n) is 5.00. The van der Waals surface area contributed by atoms with E-state index in [4.69, 9.17) is 5.73 Å². The molecule has 0 aromatic heterocycles. The Bertz CT molecular complexity index is 867. The molecule has 3 aromatic carbocycles. The molecule has 0 bridgehead atoms. The lowest BCUT2D eigenvalue weighted by molar-refractivity contribution is 0.244. The number of nitrogens with two attached hydrogens (primary N) is 1. The van der Waals surface area contributed by atoms with Crippen molar-refractivity contribution in [3.63, 3.8) is 0 Å². The smallest absolute Gasteiger partial charge is 0.189 e. The van der Waals surface area contributed by atoms with Crippen molar-refractivity contribution in [3.05, 3.63) is 59.2 Å². The van der Waals surface area contributed by atoms with E-state index in [1.165, 1.54) is 10.8 Å². The fraction of sp³-hybridized carbons (Fsp3) is 0.125. The summed E-state index contributed by atoms with van der Waals surface area (Å²) in [5, 5.41) is 12.7. The maximum atomic E-state index is 5.99. The molecule has 1 aliphatic heterocycles. The van der Waals surface area contributed by atoms with E-state index < -0.39 is 6.29 Å². The molecule has 1 aliphatic rings. The zero-order valence-corrected chi connectivity index (χ0v) is 11.1. The number of rotatable bonds is 0. The summed E-state index contributed by atoms with van der Waals surface area (Å²) in [6, 6.07) is 16.6. The molecule has 0 saturated carbocycles. The summed E-state index contributed by atoms with van der Waals surface area (Å²) in [5.41, 5.74) is 5.99. The van der Waals surface area contributed by atoms with Gasteiger partial charge in [-0.05, 0) is 10.8 Å². The lowest BCUT2D eigenvalue weighted by atomic mass is 10.0. The maximum absolute atomic E-state index is 5.99. The van der Waals surface area contributed by atoms with Gasteiger partial charge in [-0.3, -0.25) is 10.7 Å². The molecule has 1 unspecified atom stereocenters. The van der Waals surface area contributed by atoms with Crippen molar-refractivity contribution in [2.24, 2.45) is 15.8 Å². The minimum Gasteiger partial charge on any atom is -0.291 e. The van der Waals surface area contributed by atoms with E-state index in [0.717, 1.165) is 21.5 Å². The molecule has 0 fully saturated rings. The second kappa shape index (κ2) is 4.02. The third-order valence-electron chi connectivity index (χ3n) is 3.78. The fourth-order valence-corrected chi connectivity index (χ4v) is 2.77. The molecular formula is C16H14N4. The Hall–Kier alpha value is -2.46. The summed E-state index contributed by atoms with van der Waals surface area (Å²) in [6.45, 7) is 0. The Morgan fingerprint density at radius 2 is 1.35 bits per heavy atom. The monoisotopic (exact) mass is 262 g/mol. The molecule has 0 radical (unpaired) electrons. The summed E-state index contributed by atoms with van der Waals surface area (Å²) < 4.78 is 0. The zero-order chi connectivity index (χ0) is 13.7. The van der Waals surface area contributed by atoms with E-state index in [9.17, 15) is 0 Å². The van der Waals surface area contributed by atoms with Crippen LogP contribution in [0.15, 0.2) is 58.6 Å². The van der Waals surface area contributed by atoms with Crippen molar-refractivity contribution in [2.75, 3.05) is 7.05 Å². The first-order valence-corrected chi connectivity index (χ1v) is 6.60. The molecule has 2 N–H and O–H groups in total. The van der Waals surface area contributed by atoms with Crippen LogP contribution in [0, 0.1) is 0 Å². The minimum atomic E-state index is -0.424. The summed E-state index contributed by atoms with van der Waals surface area (Å²) in [4.78, 5) is 4.62. The zero-order valence-electron chi connectivity index (χ0n) is 11.1. The van der Waals surface area contributed by atoms with E-state index in [-0.39, 0.29) is 0 Å². The molecule has 4 heteroatoms. The van der Waals surface area contributed by atoms with Gasteiger partial charge in [0.05, 0.1) is 5.36 Å². The molecule has 0 spiro atoms. The Labute approximate surface area is 115 Å². The van der Waals surface area contributed by atoms with Crippen LogP contribution < -0.4 is 16.4 Å². The number of benzene rings is 3. The lowest BCUT2D eigenvalue weighted by Gasteiger charge is -2.21. The third-order valence-corrected chi connectivity index (χ3v) is 3.78. The van der Waals surface area contributed by atoms with Crippen LogP contribution in [0.25, 0.3) is 21.5 Å². The van der Waals surface area contributed by atoms with Gasteiger partial charge in [-0.25, -0.2) is 4.99 Å². The van der Waals surface area contributed by atoms with Gasteiger partial charge >= 0.3 is 0 Å². The molecular weight excluding hydrogens is 248 g/mol. The van der Waals surface area contributed by atoms with Crippen molar-refractivity contribution in [2.45, 2.75) is 6.29 Å². The van der Waals surface area contributed by atoms with Gasteiger partial charge in [0.1, 0.15) is 5.36 Å². The molecule has 3 aromatic rings. The number of fused-ring (bicyclic) bond motifs is 6. The van der Waals surface area contributed by atoms with Gasteiger partial charge in [-0.2, -0.15) is 5.10 Å². The van der Waals surface area contributed by atoms with Crippen LogP contribution in [0.1, 0.15) is 0 Å². The highest BCUT2D eigenvalue weighted by Gasteiger charge is 2.14. The molecule has 4 nitrogen and oxygen atoms in total. The van der Waals surface area contributed by atoms with Gasteiger partial charge < -0.3 is 0 Å². The Morgan fingerprint density at radius 3 is 1.95 bits per heavy atom. The molecule has 0 aliphatic carbocycles. The van der Waals surface area contributed by atoms with Crippen LogP contribution in [0.2, 0.25) is 0 Å². The van der Waals surface area contributed by atoms with Crippen LogP contribution in [0.5, 0.6) is 0 Å². The first kappa shape index (κ1) is 11.4. The summed E-state index contributed by atoms with van der Waals surface area (Å²) in [6.07, 6.45) is -0.424. The Morgan fingerprint density at radius 1 is 0.850 bits per heavy atom. The van der Waals surface area contributed by atoms with Crippen molar-refractivity contribution in [3.8, 4) is 0 Å². The summed E-state index contributed by atoms with van der Waals surface area (Å²) >= 11 is 0. The van der Waals surface area contributed by atoms with E-state index in [1.54, 1.807) is 5.01 Å². The number of nitrogens with zero attached hydrogens (tertiary/aromatic N) is 3. The molecule has 4 rings (SSSR count). The fourth-order valence-electron chi connectivity index (χ4n) is 2.77. The quantitative estimate of drug-likeness (QED) is 0.621. The first-order chi connectivity index (χ1) is 9.75. The average Bonchev–Trinajstić information content (AvgIpc) is 2.49. The van der Waals surface area contributed by atoms with Crippen molar-refractivity contribution in [1.82, 2.24) is 5.01 Å². The Balaban J connectivity index is 2.38.